The Kier molecular flexibility index (Phi) is 5.63. The summed E-state index contributed by atoms with van der Waals surface area (Å²) in [5.74, 6) is 0.841. The Morgan fingerprint density at radius 2 is 1.84 bits per heavy atom. The maximum atomic E-state index is 12.6. The first-order valence-electron chi connectivity index (χ1n) is 8.05. The van der Waals surface area contributed by atoms with E-state index in [1.807, 2.05) is 30.3 Å². The molecule has 1 aliphatic rings. The fraction of sp³-hybridized carbons (Fsp3) is 0.438. The molecule has 0 N–H and O–H groups in total. The van der Waals surface area contributed by atoms with Gasteiger partial charge in [-0.1, -0.05) is 29.8 Å². The third-order valence-corrected chi connectivity index (χ3v) is 6.56. The van der Waals surface area contributed by atoms with E-state index in [1.165, 1.54) is 15.2 Å². The minimum Gasteiger partial charge on any atom is -0.492 e. The van der Waals surface area contributed by atoms with Gasteiger partial charge < -0.3 is 9.30 Å². The van der Waals surface area contributed by atoms with Crippen LogP contribution in [0.5, 0.6) is 5.75 Å². The predicted molar refractivity (Wildman–Crippen MR) is 95.4 cm³/mol. The average Bonchev–Trinajstić information content (AvgIpc) is 2.96. The molecule has 0 spiro atoms. The summed E-state index contributed by atoms with van der Waals surface area (Å²) >= 11 is 6.04. The SMILES string of the molecule is Cn1cnc(S(=O)(=O)N2CCN(CCOc3ccccc3)CC2)c1Cl. The van der Waals surface area contributed by atoms with E-state index in [9.17, 15) is 8.42 Å². The molecule has 2 aromatic rings. The summed E-state index contributed by atoms with van der Waals surface area (Å²) in [5.41, 5.74) is 0. The van der Waals surface area contributed by atoms with E-state index >= 15 is 0 Å². The number of para-hydroxylation sites is 1. The smallest absolute Gasteiger partial charge is 0.263 e. The summed E-state index contributed by atoms with van der Waals surface area (Å²) in [5, 5.41) is 0.0659. The minimum atomic E-state index is -3.65. The first-order valence-corrected chi connectivity index (χ1v) is 9.87. The van der Waals surface area contributed by atoms with E-state index in [-0.39, 0.29) is 10.2 Å². The number of rotatable bonds is 6. The van der Waals surface area contributed by atoms with Gasteiger partial charge in [-0.2, -0.15) is 4.31 Å². The van der Waals surface area contributed by atoms with Crippen molar-refractivity contribution in [2.75, 3.05) is 39.3 Å². The number of benzene rings is 1. The second-order valence-corrected chi connectivity index (χ2v) is 8.07. The van der Waals surface area contributed by atoms with Gasteiger partial charge in [0.05, 0.1) is 6.33 Å². The van der Waals surface area contributed by atoms with Crippen LogP contribution in [0.2, 0.25) is 5.15 Å². The lowest BCUT2D eigenvalue weighted by atomic mass is 10.3. The van der Waals surface area contributed by atoms with Gasteiger partial charge in [-0.25, -0.2) is 13.4 Å². The molecule has 1 fully saturated rings. The molecular weight excluding hydrogens is 364 g/mol. The van der Waals surface area contributed by atoms with Crippen LogP contribution in [-0.4, -0.2) is 66.5 Å². The van der Waals surface area contributed by atoms with E-state index in [0.717, 1.165) is 12.3 Å². The maximum absolute atomic E-state index is 12.6. The molecule has 0 unspecified atom stereocenters. The first-order chi connectivity index (χ1) is 12.0. The number of aromatic nitrogens is 2. The molecule has 0 aliphatic carbocycles. The van der Waals surface area contributed by atoms with Crippen LogP contribution < -0.4 is 4.74 Å². The Labute approximate surface area is 152 Å². The maximum Gasteiger partial charge on any atom is 0.263 e. The summed E-state index contributed by atoms with van der Waals surface area (Å²) in [6.07, 6.45) is 1.41. The third-order valence-electron chi connectivity index (χ3n) is 4.17. The van der Waals surface area contributed by atoms with Gasteiger partial charge in [-0.05, 0) is 12.1 Å². The van der Waals surface area contributed by atoms with Crippen molar-refractivity contribution in [2.45, 2.75) is 5.03 Å². The molecular formula is C16H21ClN4O3S. The highest BCUT2D eigenvalue weighted by Gasteiger charge is 2.32. The highest BCUT2D eigenvalue weighted by atomic mass is 35.5. The topological polar surface area (TPSA) is 67.7 Å². The van der Waals surface area contributed by atoms with Crippen LogP contribution in [0.15, 0.2) is 41.7 Å². The third kappa shape index (κ3) is 4.14. The Bertz CT molecular complexity index is 802. The number of piperazine rings is 1. The number of ether oxygens (including phenoxy) is 1. The molecule has 1 aliphatic heterocycles. The van der Waals surface area contributed by atoms with Crippen LogP contribution in [-0.2, 0) is 17.1 Å². The molecule has 3 rings (SSSR count). The number of sulfonamides is 1. The van der Waals surface area contributed by atoms with Crippen LogP contribution in [0.4, 0.5) is 0 Å². The van der Waals surface area contributed by atoms with Gasteiger partial charge in [0.15, 0.2) is 0 Å². The van der Waals surface area contributed by atoms with Crippen molar-refractivity contribution in [2.24, 2.45) is 7.05 Å². The van der Waals surface area contributed by atoms with Crippen molar-refractivity contribution in [3.8, 4) is 5.75 Å². The number of halogens is 1. The van der Waals surface area contributed by atoms with Crippen molar-refractivity contribution >= 4 is 21.6 Å². The van der Waals surface area contributed by atoms with Crippen LogP contribution in [0, 0.1) is 0 Å². The van der Waals surface area contributed by atoms with Gasteiger partial charge in [-0.15, -0.1) is 0 Å². The van der Waals surface area contributed by atoms with Crippen molar-refractivity contribution in [1.29, 1.82) is 0 Å². The molecule has 2 heterocycles. The highest BCUT2D eigenvalue weighted by Crippen LogP contribution is 2.23. The van der Waals surface area contributed by atoms with Crippen LogP contribution in [0.25, 0.3) is 0 Å². The summed E-state index contributed by atoms with van der Waals surface area (Å²) in [4.78, 5) is 6.12. The van der Waals surface area contributed by atoms with Crippen LogP contribution in [0.3, 0.4) is 0 Å². The lowest BCUT2D eigenvalue weighted by molar-refractivity contribution is 0.158. The summed E-state index contributed by atoms with van der Waals surface area (Å²) in [6, 6.07) is 9.64. The minimum absolute atomic E-state index is 0.0717. The van der Waals surface area contributed by atoms with Crippen LogP contribution in [0.1, 0.15) is 0 Å². The Balaban J connectivity index is 1.51. The molecule has 1 aromatic heterocycles. The number of hydrogen-bond acceptors (Lipinski definition) is 5. The normalized spacial score (nSPS) is 16.9. The number of imidazole rings is 1. The summed E-state index contributed by atoms with van der Waals surface area (Å²) in [7, 11) is -1.98. The second kappa shape index (κ2) is 7.74. The molecule has 1 aromatic carbocycles. The first kappa shape index (κ1) is 18.2. The quantitative estimate of drug-likeness (QED) is 0.754. The van der Waals surface area contributed by atoms with Gasteiger partial charge in [0.2, 0.25) is 5.03 Å². The zero-order chi connectivity index (χ0) is 17.9. The summed E-state index contributed by atoms with van der Waals surface area (Å²) in [6.45, 7) is 3.47. The Morgan fingerprint density at radius 3 is 2.44 bits per heavy atom. The Morgan fingerprint density at radius 1 is 1.16 bits per heavy atom. The van der Waals surface area contributed by atoms with Crippen molar-refractivity contribution in [1.82, 2.24) is 18.8 Å². The van der Waals surface area contributed by atoms with Crippen molar-refractivity contribution < 1.29 is 13.2 Å². The second-order valence-electron chi connectivity index (χ2n) is 5.86. The molecule has 1 saturated heterocycles. The number of aryl methyl sites for hydroxylation is 1. The predicted octanol–water partition coefficient (Wildman–Crippen LogP) is 1.46. The molecule has 0 radical (unpaired) electrons. The van der Waals surface area contributed by atoms with E-state index in [2.05, 4.69) is 9.88 Å². The van der Waals surface area contributed by atoms with E-state index in [0.29, 0.717) is 32.8 Å². The highest BCUT2D eigenvalue weighted by molar-refractivity contribution is 7.89. The van der Waals surface area contributed by atoms with Gasteiger partial charge in [0.25, 0.3) is 10.0 Å². The van der Waals surface area contributed by atoms with Crippen LogP contribution >= 0.6 is 11.6 Å². The molecule has 9 heteroatoms. The molecule has 0 saturated carbocycles. The van der Waals surface area contributed by atoms with Gasteiger partial charge in [0.1, 0.15) is 17.5 Å². The monoisotopic (exact) mass is 384 g/mol. The fourth-order valence-electron chi connectivity index (χ4n) is 2.69. The molecule has 0 atom stereocenters. The van der Waals surface area contributed by atoms with E-state index in [4.69, 9.17) is 16.3 Å². The fourth-order valence-corrected chi connectivity index (χ4v) is 4.50. The zero-order valence-electron chi connectivity index (χ0n) is 14.0. The van der Waals surface area contributed by atoms with Gasteiger partial charge >= 0.3 is 0 Å². The Hall–Kier alpha value is -1.61. The van der Waals surface area contributed by atoms with Gasteiger partial charge in [0, 0.05) is 39.8 Å². The number of nitrogens with zero attached hydrogens (tertiary/aromatic N) is 4. The summed E-state index contributed by atoms with van der Waals surface area (Å²) < 4.78 is 33.9. The molecule has 136 valence electrons. The van der Waals surface area contributed by atoms with E-state index in [1.54, 1.807) is 7.05 Å². The molecule has 0 bridgehead atoms. The lowest BCUT2D eigenvalue weighted by Gasteiger charge is -2.33. The van der Waals surface area contributed by atoms with Crippen molar-refractivity contribution in [3.63, 3.8) is 0 Å². The largest absolute Gasteiger partial charge is 0.492 e. The molecule has 0 amide bonds. The molecule has 25 heavy (non-hydrogen) atoms. The average molecular weight is 385 g/mol. The van der Waals surface area contributed by atoms with Crippen molar-refractivity contribution in [3.05, 3.63) is 41.8 Å². The van der Waals surface area contributed by atoms with Gasteiger partial charge in [-0.3, -0.25) is 4.90 Å². The zero-order valence-corrected chi connectivity index (χ0v) is 15.6. The lowest BCUT2D eigenvalue weighted by Crippen LogP contribution is -2.49. The molecule has 7 nitrogen and oxygen atoms in total. The van der Waals surface area contributed by atoms with E-state index < -0.39 is 10.0 Å². The number of hydrogen-bond donors (Lipinski definition) is 0. The standard InChI is InChI=1S/C16H21ClN4O3S/c1-19-13-18-16(15(19)17)25(22,23)21-9-7-20(8-10-21)11-12-24-14-5-3-2-4-6-14/h2-6,13H,7-12H2,1H3.